The Morgan fingerprint density at radius 1 is 1.05 bits per heavy atom. The molecule has 0 aliphatic carbocycles. The third kappa shape index (κ3) is 4.93. The first kappa shape index (κ1) is 16.1. The van der Waals surface area contributed by atoms with Gasteiger partial charge in [-0.25, -0.2) is 8.42 Å². The van der Waals surface area contributed by atoms with Crippen molar-refractivity contribution >= 4 is 20.0 Å². The Bertz CT molecular complexity index is 603. The van der Waals surface area contributed by atoms with Crippen LogP contribution in [0.25, 0.3) is 0 Å². The molecule has 0 fully saturated rings. The topological polar surface area (TPSA) is 77.5 Å². The average molecular weight is 306 g/mol. The van der Waals surface area contributed by atoms with Crippen molar-refractivity contribution in [3.63, 3.8) is 0 Å². The minimum atomic E-state index is -3.84. The van der Waals surface area contributed by atoms with Crippen molar-refractivity contribution in [1.82, 2.24) is 0 Å². The highest BCUT2D eigenvalue weighted by Crippen LogP contribution is 2.23. The normalized spacial score (nSPS) is 14.5. The van der Waals surface area contributed by atoms with Gasteiger partial charge in [0.25, 0.3) is 10.1 Å². The zero-order valence-electron chi connectivity index (χ0n) is 11.1. The first-order chi connectivity index (χ1) is 8.63. The van der Waals surface area contributed by atoms with E-state index in [2.05, 4.69) is 0 Å². The van der Waals surface area contributed by atoms with E-state index in [0.717, 1.165) is 6.26 Å². The SMILES string of the molecule is CC(C)CC(OS(C)(=O)=O)S(=O)(=O)c1ccccc1. The van der Waals surface area contributed by atoms with Crippen LogP contribution >= 0.6 is 0 Å². The Labute approximate surface area is 114 Å². The van der Waals surface area contributed by atoms with Gasteiger partial charge in [0, 0.05) is 0 Å². The van der Waals surface area contributed by atoms with Crippen LogP contribution in [0.3, 0.4) is 0 Å². The lowest BCUT2D eigenvalue weighted by atomic mass is 10.1. The highest BCUT2D eigenvalue weighted by atomic mass is 32.2. The predicted molar refractivity (Wildman–Crippen MR) is 72.8 cm³/mol. The second kappa shape index (κ2) is 6.02. The van der Waals surface area contributed by atoms with Crippen molar-refractivity contribution in [2.24, 2.45) is 5.92 Å². The summed E-state index contributed by atoms with van der Waals surface area (Å²) in [6.45, 7) is 3.61. The van der Waals surface area contributed by atoms with Crippen molar-refractivity contribution in [3.05, 3.63) is 30.3 Å². The first-order valence-electron chi connectivity index (χ1n) is 5.80. The lowest BCUT2D eigenvalue weighted by molar-refractivity contribution is 0.251. The predicted octanol–water partition coefficient (Wildman–Crippen LogP) is 1.81. The van der Waals surface area contributed by atoms with Crippen LogP contribution in [0.15, 0.2) is 35.2 Å². The second-order valence-electron chi connectivity index (χ2n) is 4.72. The summed E-state index contributed by atoms with van der Waals surface area (Å²) in [4.78, 5) is 0.0595. The van der Waals surface area contributed by atoms with E-state index in [-0.39, 0.29) is 17.2 Å². The molecule has 0 N–H and O–H groups in total. The van der Waals surface area contributed by atoms with Gasteiger partial charge in [-0.3, -0.25) is 4.18 Å². The molecule has 0 aliphatic rings. The smallest absolute Gasteiger partial charge is 0.250 e. The van der Waals surface area contributed by atoms with Gasteiger partial charge in [0.1, 0.15) is 0 Å². The summed E-state index contributed by atoms with van der Waals surface area (Å²) in [5.74, 6) is -0.00904. The van der Waals surface area contributed by atoms with E-state index in [1.54, 1.807) is 32.0 Å². The third-order valence-corrected chi connectivity index (χ3v) is 4.98. The van der Waals surface area contributed by atoms with E-state index in [1.807, 2.05) is 0 Å². The zero-order chi connectivity index (χ0) is 14.7. The molecule has 7 heteroatoms. The summed E-state index contributed by atoms with van der Waals surface area (Å²) in [6.07, 6.45) is 0.963. The summed E-state index contributed by atoms with van der Waals surface area (Å²) >= 11 is 0. The van der Waals surface area contributed by atoms with E-state index in [1.165, 1.54) is 12.1 Å². The van der Waals surface area contributed by atoms with Crippen LogP contribution in [0.4, 0.5) is 0 Å². The Kier molecular flexibility index (Phi) is 5.11. The number of sulfone groups is 1. The van der Waals surface area contributed by atoms with Gasteiger partial charge in [-0.15, -0.1) is 0 Å². The second-order valence-corrected chi connectivity index (χ2v) is 8.41. The Morgan fingerprint density at radius 3 is 2.00 bits per heavy atom. The lowest BCUT2D eigenvalue weighted by Crippen LogP contribution is -2.28. The fraction of sp³-hybridized carbons (Fsp3) is 0.500. The van der Waals surface area contributed by atoms with Crippen molar-refractivity contribution in [1.29, 1.82) is 0 Å². The molecular formula is C12H18O5S2. The van der Waals surface area contributed by atoms with Crippen molar-refractivity contribution in [3.8, 4) is 0 Å². The number of rotatable bonds is 6. The molecule has 1 aromatic rings. The van der Waals surface area contributed by atoms with Crippen LogP contribution in [0.5, 0.6) is 0 Å². The summed E-state index contributed by atoms with van der Waals surface area (Å²) in [5, 5.41) is 0. The molecule has 1 rings (SSSR count). The monoisotopic (exact) mass is 306 g/mol. The molecule has 108 valence electrons. The molecule has 1 atom stereocenters. The summed E-state index contributed by atoms with van der Waals surface area (Å²) in [6, 6.07) is 7.70. The van der Waals surface area contributed by atoms with Gasteiger partial charge in [-0.05, 0) is 24.5 Å². The quantitative estimate of drug-likeness (QED) is 0.749. The molecule has 0 saturated carbocycles. The van der Waals surface area contributed by atoms with Crippen LogP contribution in [0.2, 0.25) is 0 Å². The molecule has 0 aromatic heterocycles. The van der Waals surface area contributed by atoms with E-state index in [9.17, 15) is 16.8 Å². The maximum atomic E-state index is 12.4. The number of hydrogen-bond donors (Lipinski definition) is 0. The van der Waals surface area contributed by atoms with Crippen LogP contribution in [-0.4, -0.2) is 28.5 Å². The van der Waals surface area contributed by atoms with Gasteiger partial charge >= 0.3 is 0 Å². The molecule has 0 saturated heterocycles. The van der Waals surface area contributed by atoms with Gasteiger partial charge in [0.2, 0.25) is 9.84 Å². The Hall–Kier alpha value is -0.920. The van der Waals surface area contributed by atoms with Gasteiger partial charge in [-0.1, -0.05) is 32.0 Å². The molecule has 5 nitrogen and oxygen atoms in total. The van der Waals surface area contributed by atoms with Crippen molar-refractivity contribution in [2.75, 3.05) is 6.26 Å². The Balaban J connectivity index is 3.17. The highest BCUT2D eigenvalue weighted by Gasteiger charge is 2.32. The maximum absolute atomic E-state index is 12.4. The minimum absolute atomic E-state index is 0.00904. The Morgan fingerprint density at radius 2 is 1.58 bits per heavy atom. The summed E-state index contributed by atoms with van der Waals surface area (Å²) < 4.78 is 51.9. The molecule has 19 heavy (non-hydrogen) atoms. The minimum Gasteiger partial charge on any atom is -0.250 e. The number of hydrogen-bond acceptors (Lipinski definition) is 5. The largest absolute Gasteiger partial charge is 0.265 e. The van der Waals surface area contributed by atoms with Crippen LogP contribution in [0.1, 0.15) is 20.3 Å². The van der Waals surface area contributed by atoms with E-state index in [4.69, 9.17) is 4.18 Å². The molecule has 0 aliphatic heterocycles. The van der Waals surface area contributed by atoms with Gasteiger partial charge in [0.15, 0.2) is 5.44 Å². The van der Waals surface area contributed by atoms with E-state index in [0.29, 0.717) is 0 Å². The van der Waals surface area contributed by atoms with Crippen molar-refractivity contribution in [2.45, 2.75) is 30.6 Å². The molecule has 0 bridgehead atoms. The fourth-order valence-corrected chi connectivity index (χ4v) is 4.35. The van der Waals surface area contributed by atoms with Crippen LogP contribution in [0, 0.1) is 5.92 Å². The van der Waals surface area contributed by atoms with E-state index >= 15 is 0 Å². The van der Waals surface area contributed by atoms with Crippen molar-refractivity contribution < 1.29 is 21.0 Å². The molecule has 1 aromatic carbocycles. The van der Waals surface area contributed by atoms with Gasteiger partial charge < -0.3 is 0 Å². The third-order valence-electron chi connectivity index (χ3n) is 2.36. The molecule has 1 unspecified atom stereocenters. The van der Waals surface area contributed by atoms with Crippen LogP contribution < -0.4 is 0 Å². The standard InChI is InChI=1S/C12H18O5S2/c1-10(2)9-12(17-18(3,13)14)19(15,16)11-7-5-4-6-8-11/h4-8,10,12H,9H2,1-3H3. The maximum Gasteiger partial charge on any atom is 0.265 e. The molecular weight excluding hydrogens is 288 g/mol. The first-order valence-corrected chi connectivity index (χ1v) is 9.16. The fourth-order valence-electron chi connectivity index (χ4n) is 1.56. The molecule has 0 heterocycles. The molecule has 0 radical (unpaired) electrons. The number of benzene rings is 1. The summed E-state index contributed by atoms with van der Waals surface area (Å²) in [5.41, 5.74) is -1.38. The zero-order valence-corrected chi connectivity index (χ0v) is 12.7. The average Bonchev–Trinajstić information content (AvgIpc) is 2.27. The molecule has 0 spiro atoms. The summed E-state index contributed by atoms with van der Waals surface area (Å²) in [7, 11) is -7.67. The van der Waals surface area contributed by atoms with Crippen LogP contribution in [-0.2, 0) is 24.1 Å². The van der Waals surface area contributed by atoms with Gasteiger partial charge in [-0.2, -0.15) is 8.42 Å². The van der Waals surface area contributed by atoms with E-state index < -0.39 is 25.4 Å². The lowest BCUT2D eigenvalue weighted by Gasteiger charge is -2.18. The highest BCUT2D eigenvalue weighted by molar-refractivity contribution is 7.93. The molecule has 0 amide bonds. The van der Waals surface area contributed by atoms with Gasteiger partial charge in [0.05, 0.1) is 11.2 Å².